The highest BCUT2D eigenvalue weighted by Crippen LogP contribution is 2.35. The highest BCUT2D eigenvalue weighted by atomic mass is 79.9. The molecule has 0 fully saturated rings. The first-order chi connectivity index (χ1) is 16.5. The lowest BCUT2D eigenvalue weighted by Gasteiger charge is -2.23. The standard InChI is InChI=1S/C25H23BrN2O5S/c1-4-32-19-10-9-16(13-20(19)33-5-2)22-18(24(30)31-3)14-27-25-28(22)23(29)21(34-25)12-15-7-6-8-17(26)11-15/h6-14,22H,4-5H2,1-3H3/b21-12-/t22-/m1/s1. The van der Waals surface area contributed by atoms with Crippen molar-refractivity contribution in [2.24, 2.45) is 4.99 Å². The van der Waals surface area contributed by atoms with Gasteiger partial charge in [0.1, 0.15) is 0 Å². The zero-order valence-corrected chi connectivity index (χ0v) is 21.3. The van der Waals surface area contributed by atoms with Crippen LogP contribution in [0.1, 0.15) is 31.0 Å². The number of thiazole rings is 1. The quantitative estimate of drug-likeness (QED) is 0.426. The van der Waals surface area contributed by atoms with Crippen LogP contribution in [0.2, 0.25) is 0 Å². The molecule has 1 aliphatic heterocycles. The maximum Gasteiger partial charge on any atom is 0.337 e. The lowest BCUT2D eigenvalue weighted by atomic mass is 9.97. The summed E-state index contributed by atoms with van der Waals surface area (Å²) in [4.78, 5) is 31.1. The van der Waals surface area contributed by atoms with Crippen LogP contribution in [0.3, 0.4) is 0 Å². The third kappa shape index (κ3) is 4.71. The summed E-state index contributed by atoms with van der Waals surface area (Å²) >= 11 is 4.73. The lowest BCUT2D eigenvalue weighted by Crippen LogP contribution is -2.39. The first-order valence-electron chi connectivity index (χ1n) is 10.7. The Morgan fingerprint density at radius 1 is 1.15 bits per heavy atom. The first kappa shape index (κ1) is 24.0. The van der Waals surface area contributed by atoms with Crippen molar-refractivity contribution in [3.8, 4) is 11.5 Å². The molecule has 34 heavy (non-hydrogen) atoms. The van der Waals surface area contributed by atoms with Gasteiger partial charge in [0.15, 0.2) is 16.3 Å². The monoisotopic (exact) mass is 542 g/mol. The minimum absolute atomic E-state index is 0.241. The van der Waals surface area contributed by atoms with Gasteiger partial charge >= 0.3 is 5.97 Å². The molecule has 1 aliphatic rings. The van der Waals surface area contributed by atoms with E-state index in [-0.39, 0.29) is 11.1 Å². The topological polar surface area (TPSA) is 79.1 Å². The number of ether oxygens (including phenoxy) is 3. The Labute approximate surface area is 208 Å². The third-order valence-electron chi connectivity index (χ3n) is 5.15. The molecule has 3 aromatic rings. The summed E-state index contributed by atoms with van der Waals surface area (Å²) in [6, 6.07) is 12.4. The number of hydrogen-bond donors (Lipinski definition) is 0. The summed E-state index contributed by atoms with van der Waals surface area (Å²) in [6.07, 6.45) is 3.29. The van der Waals surface area contributed by atoms with Crippen LogP contribution >= 0.6 is 27.3 Å². The maximum absolute atomic E-state index is 13.6. The van der Waals surface area contributed by atoms with Gasteiger partial charge in [-0.3, -0.25) is 9.36 Å². The van der Waals surface area contributed by atoms with E-state index in [2.05, 4.69) is 20.9 Å². The van der Waals surface area contributed by atoms with E-state index in [1.165, 1.54) is 29.2 Å². The van der Waals surface area contributed by atoms with Crippen molar-refractivity contribution < 1.29 is 19.0 Å². The third-order valence-corrected chi connectivity index (χ3v) is 6.64. The van der Waals surface area contributed by atoms with Crippen molar-refractivity contribution in [2.45, 2.75) is 19.9 Å². The number of fused-ring (bicyclic) bond motifs is 1. The van der Waals surface area contributed by atoms with Gasteiger partial charge in [0.05, 0.1) is 36.5 Å². The highest BCUT2D eigenvalue weighted by Gasteiger charge is 2.31. The number of hydrogen-bond acceptors (Lipinski definition) is 7. The minimum atomic E-state index is -0.719. The number of aromatic nitrogens is 1. The first-order valence-corrected chi connectivity index (χ1v) is 12.3. The fourth-order valence-electron chi connectivity index (χ4n) is 3.74. The van der Waals surface area contributed by atoms with E-state index in [4.69, 9.17) is 14.2 Å². The fourth-order valence-corrected chi connectivity index (χ4v) is 5.12. The molecule has 9 heteroatoms. The van der Waals surface area contributed by atoms with E-state index in [0.717, 1.165) is 10.0 Å². The zero-order chi connectivity index (χ0) is 24.2. The van der Waals surface area contributed by atoms with Gasteiger partial charge in [0.25, 0.3) is 5.56 Å². The number of rotatable bonds is 7. The molecular weight excluding hydrogens is 520 g/mol. The van der Waals surface area contributed by atoms with Crippen LogP contribution in [-0.4, -0.2) is 30.9 Å². The fraction of sp³-hybridized carbons (Fsp3) is 0.240. The summed E-state index contributed by atoms with van der Waals surface area (Å²) in [6.45, 7) is 4.70. The Kier molecular flexibility index (Phi) is 7.33. The van der Waals surface area contributed by atoms with E-state index in [1.807, 2.05) is 50.3 Å². The highest BCUT2D eigenvalue weighted by molar-refractivity contribution is 9.10. The second-order valence-corrected chi connectivity index (χ2v) is 9.23. The molecule has 0 unspecified atom stereocenters. The minimum Gasteiger partial charge on any atom is -0.490 e. The van der Waals surface area contributed by atoms with Gasteiger partial charge in [0.2, 0.25) is 0 Å². The number of nitrogens with zero attached hydrogens (tertiary/aromatic N) is 2. The average Bonchev–Trinajstić information content (AvgIpc) is 3.14. The summed E-state index contributed by atoms with van der Waals surface area (Å²) in [7, 11) is 1.31. The van der Waals surface area contributed by atoms with Gasteiger partial charge in [-0.2, -0.15) is 0 Å². The molecule has 2 aromatic carbocycles. The van der Waals surface area contributed by atoms with Crippen LogP contribution in [0, 0.1) is 0 Å². The molecule has 0 amide bonds. The van der Waals surface area contributed by atoms with Crippen LogP contribution in [0.25, 0.3) is 6.08 Å². The number of benzene rings is 2. The normalized spacial score (nSPS) is 15.2. The Morgan fingerprint density at radius 3 is 2.62 bits per heavy atom. The van der Waals surface area contributed by atoms with Gasteiger partial charge < -0.3 is 14.2 Å². The Morgan fingerprint density at radius 2 is 1.91 bits per heavy atom. The van der Waals surface area contributed by atoms with Gasteiger partial charge in [-0.1, -0.05) is 45.5 Å². The van der Waals surface area contributed by atoms with E-state index in [9.17, 15) is 9.59 Å². The van der Waals surface area contributed by atoms with Crippen molar-refractivity contribution in [2.75, 3.05) is 20.3 Å². The van der Waals surface area contributed by atoms with Crippen LogP contribution < -0.4 is 24.4 Å². The van der Waals surface area contributed by atoms with Crippen molar-refractivity contribution in [3.63, 3.8) is 0 Å². The maximum atomic E-state index is 13.6. The largest absolute Gasteiger partial charge is 0.490 e. The predicted molar refractivity (Wildman–Crippen MR) is 134 cm³/mol. The summed E-state index contributed by atoms with van der Waals surface area (Å²) in [5, 5.41) is 0. The number of carbonyl (C=O) groups is 1. The molecule has 1 aromatic heterocycles. The SMILES string of the molecule is CCOc1ccc([C@@H]2C(C(=O)OC)=CN=c3s/c(=C\c4cccc(Br)c4)c(=O)n32)cc1OCC. The van der Waals surface area contributed by atoms with Gasteiger partial charge in [0, 0.05) is 10.7 Å². The lowest BCUT2D eigenvalue weighted by molar-refractivity contribution is -0.136. The Balaban J connectivity index is 1.91. The van der Waals surface area contributed by atoms with Crippen molar-refractivity contribution in [3.05, 3.63) is 89.5 Å². The Hall–Kier alpha value is -3.17. The Bertz CT molecular complexity index is 1440. The van der Waals surface area contributed by atoms with Crippen LogP contribution in [0.5, 0.6) is 11.5 Å². The molecule has 176 valence electrons. The number of methoxy groups -OCH3 is 1. The molecule has 1 atom stereocenters. The molecule has 0 radical (unpaired) electrons. The molecule has 7 nitrogen and oxygen atoms in total. The molecule has 0 bridgehead atoms. The van der Waals surface area contributed by atoms with E-state index >= 15 is 0 Å². The van der Waals surface area contributed by atoms with Crippen LogP contribution in [0.4, 0.5) is 0 Å². The smallest absolute Gasteiger partial charge is 0.337 e. The average molecular weight is 543 g/mol. The van der Waals surface area contributed by atoms with Crippen molar-refractivity contribution in [1.82, 2.24) is 4.57 Å². The van der Waals surface area contributed by atoms with E-state index in [1.54, 1.807) is 12.1 Å². The summed E-state index contributed by atoms with van der Waals surface area (Å²) in [5.41, 5.74) is 1.59. The van der Waals surface area contributed by atoms with Gasteiger partial charge in [-0.25, -0.2) is 9.79 Å². The van der Waals surface area contributed by atoms with E-state index in [0.29, 0.717) is 39.6 Å². The molecule has 0 N–H and O–H groups in total. The van der Waals surface area contributed by atoms with Crippen LogP contribution in [0.15, 0.2) is 68.5 Å². The van der Waals surface area contributed by atoms with Gasteiger partial charge in [-0.15, -0.1) is 0 Å². The number of carbonyl (C=O) groups excluding carboxylic acids is 1. The van der Waals surface area contributed by atoms with Crippen molar-refractivity contribution >= 4 is 39.3 Å². The number of esters is 1. The molecule has 2 heterocycles. The predicted octanol–water partition coefficient (Wildman–Crippen LogP) is 3.58. The molecular formula is C25H23BrN2O5S. The van der Waals surface area contributed by atoms with Crippen molar-refractivity contribution in [1.29, 1.82) is 0 Å². The molecule has 0 aliphatic carbocycles. The number of halogens is 1. The molecule has 0 saturated heterocycles. The molecule has 0 saturated carbocycles. The van der Waals surface area contributed by atoms with E-state index < -0.39 is 12.0 Å². The van der Waals surface area contributed by atoms with Gasteiger partial charge in [-0.05, 0) is 55.3 Å². The second kappa shape index (κ2) is 10.4. The summed E-state index contributed by atoms with van der Waals surface area (Å²) < 4.78 is 19.4. The zero-order valence-electron chi connectivity index (χ0n) is 18.9. The summed E-state index contributed by atoms with van der Waals surface area (Å²) in [5.74, 6) is 0.583. The van der Waals surface area contributed by atoms with Crippen LogP contribution in [-0.2, 0) is 9.53 Å². The molecule has 4 rings (SSSR count). The molecule has 0 spiro atoms. The second-order valence-electron chi connectivity index (χ2n) is 7.30.